The van der Waals surface area contributed by atoms with Gasteiger partial charge in [-0.2, -0.15) is 0 Å². The lowest BCUT2D eigenvalue weighted by Crippen LogP contribution is -2.53. The Labute approximate surface area is 102 Å². The van der Waals surface area contributed by atoms with Crippen molar-refractivity contribution in [1.29, 1.82) is 0 Å². The number of carbonyl (C=O) groups is 2. The quantitative estimate of drug-likeness (QED) is 0.670. The van der Waals surface area contributed by atoms with Crippen LogP contribution in [0.3, 0.4) is 0 Å². The number of carboxylic acid groups (broad SMARTS) is 1. The smallest absolute Gasteiger partial charge is 0.326 e. The highest BCUT2D eigenvalue weighted by Crippen LogP contribution is 2.19. The molecule has 1 unspecified atom stereocenters. The SMILES string of the molecule is COC(C)CNC(=O)N[C@@H](C(=O)O)C(C)(C)C. The lowest BCUT2D eigenvalue weighted by Gasteiger charge is -2.27. The number of carboxylic acids is 1. The maximum atomic E-state index is 11.5. The number of carbonyl (C=O) groups excluding carboxylic acids is 1. The molecule has 0 bridgehead atoms. The highest BCUT2D eigenvalue weighted by atomic mass is 16.5. The van der Waals surface area contributed by atoms with Gasteiger partial charge in [-0.1, -0.05) is 20.8 Å². The molecule has 0 spiro atoms. The van der Waals surface area contributed by atoms with E-state index in [1.54, 1.807) is 34.8 Å². The van der Waals surface area contributed by atoms with Crippen molar-refractivity contribution in [2.45, 2.75) is 39.8 Å². The van der Waals surface area contributed by atoms with Crippen molar-refractivity contribution in [3.8, 4) is 0 Å². The molecule has 0 fully saturated rings. The maximum absolute atomic E-state index is 11.5. The Morgan fingerprint density at radius 2 is 1.88 bits per heavy atom. The zero-order valence-electron chi connectivity index (χ0n) is 11.0. The number of nitrogens with one attached hydrogen (secondary N) is 2. The van der Waals surface area contributed by atoms with E-state index < -0.39 is 23.5 Å². The highest BCUT2D eigenvalue weighted by Gasteiger charge is 2.32. The fraction of sp³-hybridized carbons (Fsp3) is 0.818. The largest absolute Gasteiger partial charge is 0.480 e. The summed E-state index contributed by atoms with van der Waals surface area (Å²) >= 11 is 0. The van der Waals surface area contributed by atoms with Crippen LogP contribution >= 0.6 is 0 Å². The average molecular weight is 246 g/mol. The molecule has 0 aliphatic carbocycles. The third kappa shape index (κ3) is 6.11. The Morgan fingerprint density at radius 1 is 1.35 bits per heavy atom. The van der Waals surface area contributed by atoms with Crippen molar-refractivity contribution < 1.29 is 19.4 Å². The van der Waals surface area contributed by atoms with Crippen LogP contribution in [-0.2, 0) is 9.53 Å². The van der Waals surface area contributed by atoms with Gasteiger partial charge in [-0.15, -0.1) is 0 Å². The van der Waals surface area contributed by atoms with Crippen LogP contribution in [0.25, 0.3) is 0 Å². The topological polar surface area (TPSA) is 87.7 Å². The van der Waals surface area contributed by atoms with Crippen molar-refractivity contribution in [3.63, 3.8) is 0 Å². The van der Waals surface area contributed by atoms with Gasteiger partial charge in [0.05, 0.1) is 6.10 Å². The highest BCUT2D eigenvalue weighted by molar-refractivity contribution is 5.83. The third-order valence-corrected chi connectivity index (χ3v) is 2.34. The second-order valence-electron chi connectivity index (χ2n) is 5.04. The molecule has 0 radical (unpaired) electrons. The number of amides is 2. The summed E-state index contributed by atoms with van der Waals surface area (Å²) in [5, 5.41) is 14.0. The Kier molecular flexibility index (Phi) is 5.95. The molecule has 0 saturated carbocycles. The molecular formula is C11H22N2O4. The predicted molar refractivity (Wildman–Crippen MR) is 63.9 cm³/mol. The van der Waals surface area contributed by atoms with Crippen molar-refractivity contribution in [1.82, 2.24) is 10.6 Å². The minimum absolute atomic E-state index is 0.112. The molecule has 0 aromatic rings. The van der Waals surface area contributed by atoms with Gasteiger partial charge in [-0.25, -0.2) is 9.59 Å². The Hall–Kier alpha value is -1.30. The van der Waals surface area contributed by atoms with Gasteiger partial charge >= 0.3 is 12.0 Å². The fourth-order valence-corrected chi connectivity index (χ4v) is 1.15. The van der Waals surface area contributed by atoms with Crippen LogP contribution < -0.4 is 10.6 Å². The van der Waals surface area contributed by atoms with Gasteiger partial charge in [-0.3, -0.25) is 0 Å². The molecule has 0 aromatic carbocycles. The molecule has 6 nitrogen and oxygen atoms in total. The van der Waals surface area contributed by atoms with Crippen molar-refractivity contribution in [2.75, 3.05) is 13.7 Å². The average Bonchev–Trinajstić information content (AvgIpc) is 2.20. The van der Waals surface area contributed by atoms with Gasteiger partial charge in [0.2, 0.25) is 0 Å². The molecule has 2 amide bonds. The minimum Gasteiger partial charge on any atom is -0.480 e. The van der Waals surface area contributed by atoms with E-state index in [1.807, 2.05) is 0 Å². The number of rotatable bonds is 5. The van der Waals surface area contributed by atoms with Gasteiger partial charge in [0.1, 0.15) is 6.04 Å². The fourth-order valence-electron chi connectivity index (χ4n) is 1.15. The van der Waals surface area contributed by atoms with Crippen LogP contribution in [0.1, 0.15) is 27.7 Å². The second kappa shape index (κ2) is 6.44. The molecule has 0 aromatic heterocycles. The Balaban J connectivity index is 4.29. The van der Waals surface area contributed by atoms with E-state index in [4.69, 9.17) is 9.84 Å². The maximum Gasteiger partial charge on any atom is 0.326 e. The van der Waals surface area contributed by atoms with Gasteiger partial charge in [0, 0.05) is 13.7 Å². The Morgan fingerprint density at radius 3 is 2.24 bits per heavy atom. The van der Waals surface area contributed by atoms with Gasteiger partial charge in [-0.05, 0) is 12.3 Å². The number of urea groups is 1. The molecule has 0 rings (SSSR count). The van der Waals surface area contributed by atoms with Gasteiger partial charge in [0.15, 0.2) is 0 Å². The predicted octanol–water partition coefficient (Wildman–Crippen LogP) is 0.820. The molecule has 0 aliphatic heterocycles. The van der Waals surface area contributed by atoms with Crippen molar-refractivity contribution >= 4 is 12.0 Å². The summed E-state index contributed by atoms with van der Waals surface area (Å²) in [6, 6.07) is -1.43. The van der Waals surface area contributed by atoms with Gasteiger partial charge in [0.25, 0.3) is 0 Å². The molecule has 17 heavy (non-hydrogen) atoms. The first kappa shape index (κ1) is 15.7. The van der Waals surface area contributed by atoms with Crippen LogP contribution in [0.5, 0.6) is 0 Å². The number of ether oxygens (including phenoxy) is 1. The monoisotopic (exact) mass is 246 g/mol. The molecule has 6 heteroatoms. The molecule has 100 valence electrons. The first-order valence-electron chi connectivity index (χ1n) is 5.48. The number of hydrogen-bond acceptors (Lipinski definition) is 3. The summed E-state index contributed by atoms with van der Waals surface area (Å²) in [6.07, 6.45) is -0.112. The van der Waals surface area contributed by atoms with E-state index in [1.165, 1.54) is 0 Å². The first-order valence-corrected chi connectivity index (χ1v) is 5.48. The number of methoxy groups -OCH3 is 1. The minimum atomic E-state index is -1.05. The van der Waals surface area contributed by atoms with E-state index >= 15 is 0 Å². The van der Waals surface area contributed by atoms with E-state index in [2.05, 4.69) is 10.6 Å². The number of aliphatic carboxylic acids is 1. The molecule has 2 atom stereocenters. The summed E-state index contributed by atoms with van der Waals surface area (Å²) < 4.78 is 4.96. The van der Waals surface area contributed by atoms with Crippen LogP contribution in [0, 0.1) is 5.41 Å². The molecule has 0 aliphatic rings. The molecular weight excluding hydrogens is 224 g/mol. The zero-order chi connectivity index (χ0) is 13.6. The van der Waals surface area contributed by atoms with Crippen LogP contribution in [0.2, 0.25) is 0 Å². The van der Waals surface area contributed by atoms with E-state index in [9.17, 15) is 9.59 Å². The third-order valence-electron chi connectivity index (χ3n) is 2.34. The van der Waals surface area contributed by atoms with E-state index in [-0.39, 0.29) is 6.10 Å². The van der Waals surface area contributed by atoms with Crippen LogP contribution in [-0.4, -0.2) is 42.9 Å². The van der Waals surface area contributed by atoms with E-state index in [0.717, 1.165) is 0 Å². The van der Waals surface area contributed by atoms with Crippen molar-refractivity contribution in [3.05, 3.63) is 0 Å². The summed E-state index contributed by atoms with van der Waals surface area (Å²) in [5.41, 5.74) is -0.546. The second-order valence-corrected chi connectivity index (χ2v) is 5.04. The molecule has 0 saturated heterocycles. The van der Waals surface area contributed by atoms with Crippen molar-refractivity contribution in [2.24, 2.45) is 5.41 Å². The summed E-state index contributed by atoms with van der Waals surface area (Å²) in [5.74, 6) is -1.05. The standard InChI is InChI=1S/C11H22N2O4/c1-7(17-5)6-12-10(16)13-8(9(14)15)11(2,3)4/h7-8H,6H2,1-5H3,(H,14,15)(H2,12,13,16)/t7?,8-/m0/s1. The Bertz CT molecular complexity index is 273. The summed E-state index contributed by atoms with van der Waals surface area (Å²) in [6.45, 7) is 7.40. The lowest BCUT2D eigenvalue weighted by atomic mass is 9.87. The molecule has 0 heterocycles. The summed E-state index contributed by atoms with van der Waals surface area (Å²) in [7, 11) is 1.54. The van der Waals surface area contributed by atoms with Crippen LogP contribution in [0.4, 0.5) is 4.79 Å². The first-order chi connectivity index (χ1) is 7.68. The number of hydrogen-bond donors (Lipinski definition) is 3. The van der Waals surface area contributed by atoms with E-state index in [0.29, 0.717) is 6.54 Å². The lowest BCUT2D eigenvalue weighted by molar-refractivity contribution is -0.141. The normalized spacial score (nSPS) is 14.9. The zero-order valence-corrected chi connectivity index (χ0v) is 11.0. The van der Waals surface area contributed by atoms with Gasteiger partial charge < -0.3 is 20.5 Å². The summed E-state index contributed by atoms with van der Waals surface area (Å²) in [4.78, 5) is 22.5. The molecule has 3 N–H and O–H groups in total. The van der Waals surface area contributed by atoms with Crippen LogP contribution in [0.15, 0.2) is 0 Å².